The quantitative estimate of drug-likeness (QED) is 0.803. The molecule has 0 spiro atoms. The van der Waals surface area contributed by atoms with Crippen molar-refractivity contribution in [2.45, 2.75) is 18.3 Å². The zero-order chi connectivity index (χ0) is 13.1. The van der Waals surface area contributed by atoms with Crippen LogP contribution in [0.4, 0.5) is 0 Å². The van der Waals surface area contributed by atoms with Gasteiger partial charge in [0.05, 0.1) is 11.6 Å². The Morgan fingerprint density at radius 1 is 1.50 bits per heavy atom. The van der Waals surface area contributed by atoms with Crippen LogP contribution in [0.15, 0.2) is 10.9 Å². The van der Waals surface area contributed by atoms with Crippen molar-refractivity contribution >= 4 is 11.6 Å². The van der Waals surface area contributed by atoms with E-state index in [2.05, 4.69) is 33.9 Å². The summed E-state index contributed by atoms with van der Waals surface area (Å²) in [6.45, 7) is 3.12. The summed E-state index contributed by atoms with van der Waals surface area (Å²) >= 11 is 5.73. The topological polar surface area (TPSA) is 52.2 Å². The summed E-state index contributed by atoms with van der Waals surface area (Å²) in [5.74, 6) is 1.00. The highest BCUT2D eigenvalue weighted by molar-refractivity contribution is 6.16. The second-order valence-electron chi connectivity index (χ2n) is 4.92. The van der Waals surface area contributed by atoms with E-state index in [1.54, 1.807) is 0 Å². The summed E-state index contributed by atoms with van der Waals surface area (Å²) in [5, 5.41) is 0. The lowest BCUT2D eigenvalue weighted by Gasteiger charge is -2.37. The van der Waals surface area contributed by atoms with Crippen LogP contribution < -0.4 is 5.56 Å². The van der Waals surface area contributed by atoms with Crippen LogP contribution >= 0.6 is 11.6 Å². The summed E-state index contributed by atoms with van der Waals surface area (Å²) in [5.41, 5.74) is 0.518. The zero-order valence-corrected chi connectivity index (χ0v) is 11.6. The second-order valence-corrected chi connectivity index (χ2v) is 5.19. The Bertz CT molecular complexity index is 462. The molecule has 1 N–H and O–H groups in total. The molecule has 6 heteroatoms. The van der Waals surface area contributed by atoms with E-state index >= 15 is 0 Å². The van der Waals surface area contributed by atoms with Crippen molar-refractivity contribution in [1.29, 1.82) is 0 Å². The smallest absolute Gasteiger partial charge is 0.251 e. The number of alkyl halides is 1. The molecule has 0 aromatic carbocycles. The minimum absolute atomic E-state index is 0.123. The average molecular weight is 271 g/mol. The third-order valence-electron chi connectivity index (χ3n) is 3.39. The maximum atomic E-state index is 11.5. The molecule has 1 fully saturated rings. The van der Waals surface area contributed by atoms with Gasteiger partial charge in [-0.25, -0.2) is 4.98 Å². The monoisotopic (exact) mass is 270 g/mol. The summed E-state index contributed by atoms with van der Waals surface area (Å²) < 4.78 is 0. The molecule has 1 atom stereocenters. The number of nitrogens with one attached hydrogen (secondary N) is 1. The molecule has 1 aromatic heterocycles. The van der Waals surface area contributed by atoms with E-state index in [1.807, 2.05) is 0 Å². The van der Waals surface area contributed by atoms with E-state index in [0.717, 1.165) is 31.9 Å². The van der Waals surface area contributed by atoms with Gasteiger partial charge in [-0.2, -0.15) is 0 Å². The van der Waals surface area contributed by atoms with E-state index in [-0.39, 0.29) is 11.4 Å². The number of aromatic amines is 1. The van der Waals surface area contributed by atoms with Crippen LogP contribution in [0, 0.1) is 0 Å². The minimum atomic E-state index is -0.123. The summed E-state index contributed by atoms with van der Waals surface area (Å²) in [4.78, 5) is 23.3. The van der Waals surface area contributed by atoms with Crippen LogP contribution in [0.1, 0.15) is 11.5 Å². The largest absolute Gasteiger partial charge is 0.310 e. The molecule has 1 saturated heterocycles. The van der Waals surface area contributed by atoms with Gasteiger partial charge in [0.25, 0.3) is 5.56 Å². The van der Waals surface area contributed by atoms with E-state index in [9.17, 15) is 4.79 Å². The molecule has 0 bridgehead atoms. The van der Waals surface area contributed by atoms with Crippen LogP contribution in [0.5, 0.6) is 0 Å². The first-order chi connectivity index (χ1) is 8.58. The molecule has 0 amide bonds. The van der Waals surface area contributed by atoms with Gasteiger partial charge >= 0.3 is 0 Å². The van der Waals surface area contributed by atoms with Crippen molar-refractivity contribution in [3.8, 4) is 0 Å². The average Bonchev–Trinajstić information content (AvgIpc) is 2.33. The lowest BCUT2D eigenvalue weighted by molar-refractivity contribution is 0.113. The first kappa shape index (κ1) is 13.5. The van der Waals surface area contributed by atoms with Crippen molar-refractivity contribution < 1.29 is 0 Å². The fourth-order valence-corrected chi connectivity index (χ4v) is 2.41. The lowest BCUT2D eigenvalue weighted by Crippen LogP contribution is -2.51. The summed E-state index contributed by atoms with van der Waals surface area (Å²) in [6, 6.07) is 1.84. The van der Waals surface area contributed by atoms with Crippen molar-refractivity contribution in [2.75, 3.05) is 33.7 Å². The molecule has 18 heavy (non-hydrogen) atoms. The van der Waals surface area contributed by atoms with Gasteiger partial charge in [0.15, 0.2) is 0 Å². The molecule has 2 rings (SSSR count). The predicted molar refractivity (Wildman–Crippen MR) is 72.0 cm³/mol. The Morgan fingerprint density at radius 3 is 3.00 bits per heavy atom. The van der Waals surface area contributed by atoms with Crippen molar-refractivity contribution in [1.82, 2.24) is 19.8 Å². The molecule has 1 unspecified atom stereocenters. The molecule has 1 aliphatic heterocycles. The Morgan fingerprint density at radius 2 is 2.28 bits per heavy atom. The highest BCUT2D eigenvalue weighted by atomic mass is 35.5. The molecule has 0 aliphatic carbocycles. The van der Waals surface area contributed by atoms with Crippen LogP contribution in [0.2, 0.25) is 0 Å². The molecular formula is C12H19ClN4O. The number of rotatable bonds is 3. The van der Waals surface area contributed by atoms with Crippen LogP contribution in [0.25, 0.3) is 0 Å². The Kier molecular flexibility index (Phi) is 4.37. The van der Waals surface area contributed by atoms with Crippen molar-refractivity contribution in [3.63, 3.8) is 0 Å². The Balaban J connectivity index is 2.12. The van der Waals surface area contributed by atoms with E-state index in [4.69, 9.17) is 11.6 Å². The first-order valence-corrected chi connectivity index (χ1v) is 6.66. The molecular weight excluding hydrogens is 252 g/mol. The summed E-state index contributed by atoms with van der Waals surface area (Å²) in [7, 11) is 4.23. The van der Waals surface area contributed by atoms with Crippen molar-refractivity contribution in [2.24, 2.45) is 0 Å². The number of hydrogen-bond donors (Lipinski definition) is 1. The number of halogens is 1. The Hall–Kier alpha value is -0.910. The lowest BCUT2D eigenvalue weighted by atomic mass is 10.1. The van der Waals surface area contributed by atoms with Gasteiger partial charge in [-0.1, -0.05) is 0 Å². The number of piperazine rings is 1. The number of aromatic nitrogens is 2. The number of hydrogen-bond acceptors (Lipinski definition) is 4. The highest BCUT2D eigenvalue weighted by Gasteiger charge is 2.23. The van der Waals surface area contributed by atoms with Crippen LogP contribution in [-0.4, -0.2) is 59.5 Å². The molecule has 0 radical (unpaired) electrons. The Labute approximate surface area is 112 Å². The van der Waals surface area contributed by atoms with Crippen molar-refractivity contribution in [3.05, 3.63) is 27.9 Å². The number of H-pyrrole nitrogens is 1. The molecule has 1 aromatic rings. The zero-order valence-electron chi connectivity index (χ0n) is 10.8. The fourth-order valence-electron chi connectivity index (χ4n) is 2.27. The predicted octanol–water partition coefficient (Wildman–Crippen LogP) is 0.297. The summed E-state index contributed by atoms with van der Waals surface area (Å²) in [6.07, 6.45) is 0.751. The van der Waals surface area contributed by atoms with E-state index in [1.165, 1.54) is 6.07 Å². The minimum Gasteiger partial charge on any atom is -0.310 e. The first-order valence-electron chi connectivity index (χ1n) is 6.12. The second kappa shape index (κ2) is 5.82. The standard InChI is InChI=1S/C12H19ClN4O/c1-16-3-4-17(2)10(8-16)6-11-14-9(7-13)5-12(18)15-11/h5,10H,3-4,6-8H2,1-2H3,(H,14,15,18). The van der Waals surface area contributed by atoms with Gasteiger partial charge in [0.2, 0.25) is 0 Å². The van der Waals surface area contributed by atoms with E-state index in [0.29, 0.717) is 11.7 Å². The molecule has 0 saturated carbocycles. The maximum Gasteiger partial charge on any atom is 0.251 e. The van der Waals surface area contributed by atoms with Crippen LogP contribution in [-0.2, 0) is 12.3 Å². The van der Waals surface area contributed by atoms with Gasteiger partial charge in [-0.3, -0.25) is 4.79 Å². The van der Waals surface area contributed by atoms with Gasteiger partial charge in [-0.05, 0) is 14.1 Å². The highest BCUT2D eigenvalue weighted by Crippen LogP contribution is 2.10. The van der Waals surface area contributed by atoms with Gasteiger partial charge < -0.3 is 14.8 Å². The fraction of sp³-hybridized carbons (Fsp3) is 0.667. The maximum absolute atomic E-state index is 11.5. The van der Waals surface area contributed by atoms with Gasteiger partial charge in [-0.15, -0.1) is 11.6 Å². The molecule has 1 aliphatic rings. The number of likely N-dealkylation sites (N-methyl/N-ethyl adjacent to an activating group) is 2. The molecule has 2 heterocycles. The molecule has 5 nitrogen and oxygen atoms in total. The van der Waals surface area contributed by atoms with E-state index < -0.39 is 0 Å². The van der Waals surface area contributed by atoms with Crippen LogP contribution in [0.3, 0.4) is 0 Å². The third kappa shape index (κ3) is 3.31. The SMILES string of the molecule is CN1CCN(C)C(Cc2nc(CCl)cc(=O)[nH]2)C1. The third-order valence-corrected chi connectivity index (χ3v) is 3.66. The molecule has 100 valence electrons. The van der Waals surface area contributed by atoms with Gasteiger partial charge in [0, 0.05) is 38.2 Å². The van der Waals surface area contributed by atoms with Gasteiger partial charge in [0.1, 0.15) is 5.82 Å². The normalized spacial score (nSPS) is 22.3. The number of nitrogens with zero attached hydrogens (tertiary/aromatic N) is 3.